The highest BCUT2D eigenvalue weighted by Crippen LogP contribution is 2.38. The summed E-state index contributed by atoms with van der Waals surface area (Å²) >= 11 is 0. The lowest BCUT2D eigenvalue weighted by atomic mass is 9.71. The van der Waals surface area contributed by atoms with Crippen LogP contribution in [0.3, 0.4) is 0 Å². The van der Waals surface area contributed by atoms with Gasteiger partial charge in [-0.2, -0.15) is 0 Å². The van der Waals surface area contributed by atoms with E-state index in [4.69, 9.17) is 5.73 Å². The summed E-state index contributed by atoms with van der Waals surface area (Å²) in [6.07, 6.45) is 13.3. The fourth-order valence-electron chi connectivity index (χ4n) is 4.40. The lowest BCUT2D eigenvalue weighted by Gasteiger charge is -2.35. The number of hydrogen-bond acceptors (Lipinski definition) is 2. The van der Waals surface area contributed by atoms with E-state index in [1.165, 1.54) is 44.9 Å². The minimum Gasteiger partial charge on any atom is -0.356 e. The molecule has 0 aliphatic heterocycles. The van der Waals surface area contributed by atoms with Gasteiger partial charge in [0.1, 0.15) is 0 Å². The second-order valence-electron chi connectivity index (χ2n) is 7.72. The zero-order valence-electron chi connectivity index (χ0n) is 13.8. The van der Waals surface area contributed by atoms with Crippen molar-refractivity contribution in [3.05, 3.63) is 0 Å². The molecule has 0 spiro atoms. The highest BCUT2D eigenvalue weighted by molar-refractivity contribution is 5.76. The molecule has 0 aromatic rings. The van der Waals surface area contributed by atoms with Crippen molar-refractivity contribution in [1.29, 1.82) is 0 Å². The third kappa shape index (κ3) is 5.28. The van der Waals surface area contributed by atoms with Gasteiger partial charge in [0.05, 0.1) is 0 Å². The van der Waals surface area contributed by atoms with Gasteiger partial charge < -0.3 is 11.1 Å². The lowest BCUT2D eigenvalue weighted by molar-refractivity contribution is -0.123. The van der Waals surface area contributed by atoms with Crippen molar-refractivity contribution in [3.63, 3.8) is 0 Å². The van der Waals surface area contributed by atoms with Crippen molar-refractivity contribution in [2.24, 2.45) is 23.0 Å². The summed E-state index contributed by atoms with van der Waals surface area (Å²) in [7, 11) is 0. The molecule has 2 unspecified atom stereocenters. The zero-order chi connectivity index (χ0) is 15.1. The Balaban J connectivity index is 1.67. The number of rotatable bonds is 6. The van der Waals surface area contributed by atoms with Crippen molar-refractivity contribution in [3.8, 4) is 0 Å². The van der Waals surface area contributed by atoms with Crippen LogP contribution in [0, 0.1) is 17.3 Å². The maximum Gasteiger partial charge on any atom is 0.220 e. The van der Waals surface area contributed by atoms with E-state index in [1.54, 1.807) is 0 Å². The molecule has 0 radical (unpaired) electrons. The minimum atomic E-state index is 0.0989. The van der Waals surface area contributed by atoms with Crippen molar-refractivity contribution in [2.75, 3.05) is 13.1 Å². The molecule has 3 nitrogen and oxygen atoms in total. The normalized spacial score (nSPS) is 29.0. The first kappa shape index (κ1) is 16.8. The minimum absolute atomic E-state index is 0.0989. The van der Waals surface area contributed by atoms with Crippen molar-refractivity contribution in [2.45, 2.75) is 77.6 Å². The molecule has 0 aromatic carbocycles. The van der Waals surface area contributed by atoms with Gasteiger partial charge >= 0.3 is 0 Å². The summed E-state index contributed by atoms with van der Waals surface area (Å²) in [5.74, 6) is 1.93. The summed E-state index contributed by atoms with van der Waals surface area (Å²) in [6, 6.07) is 0. The van der Waals surface area contributed by atoms with E-state index in [2.05, 4.69) is 12.2 Å². The Morgan fingerprint density at radius 3 is 2.62 bits per heavy atom. The molecule has 1 amide bonds. The predicted octanol–water partition coefficient (Wildman–Crippen LogP) is 3.62. The Bertz CT molecular complexity index is 323. The Morgan fingerprint density at radius 2 is 1.95 bits per heavy atom. The Morgan fingerprint density at radius 1 is 1.19 bits per heavy atom. The molecule has 0 heterocycles. The molecule has 3 heteroatoms. The number of nitrogens with one attached hydrogen (secondary N) is 1. The zero-order valence-corrected chi connectivity index (χ0v) is 13.8. The molecule has 3 N–H and O–H groups in total. The van der Waals surface area contributed by atoms with E-state index in [0.717, 1.165) is 37.6 Å². The molecule has 2 saturated carbocycles. The fraction of sp³-hybridized carbons (Fsp3) is 0.944. The number of carbonyl (C=O) groups is 1. The van der Waals surface area contributed by atoms with Crippen LogP contribution in [0.5, 0.6) is 0 Å². The van der Waals surface area contributed by atoms with Crippen LogP contribution in [0.25, 0.3) is 0 Å². The van der Waals surface area contributed by atoms with E-state index in [1.807, 2.05) is 0 Å². The Hall–Kier alpha value is -0.570. The molecular formula is C18H34N2O. The van der Waals surface area contributed by atoms with Crippen LogP contribution in [0.15, 0.2) is 0 Å². The molecule has 0 aromatic heterocycles. The van der Waals surface area contributed by atoms with Crippen molar-refractivity contribution < 1.29 is 4.79 Å². The summed E-state index contributed by atoms with van der Waals surface area (Å²) in [4.78, 5) is 12.2. The van der Waals surface area contributed by atoms with Gasteiger partial charge in [0, 0.05) is 13.0 Å². The molecule has 2 aliphatic rings. The third-order valence-electron chi connectivity index (χ3n) is 5.80. The lowest BCUT2D eigenvalue weighted by Crippen LogP contribution is -2.39. The van der Waals surface area contributed by atoms with Gasteiger partial charge in [0.2, 0.25) is 5.91 Å². The highest BCUT2D eigenvalue weighted by atomic mass is 16.1. The Kier molecular flexibility index (Phi) is 6.53. The largest absolute Gasteiger partial charge is 0.356 e. The van der Waals surface area contributed by atoms with Gasteiger partial charge in [-0.1, -0.05) is 45.4 Å². The molecule has 122 valence electrons. The second kappa shape index (κ2) is 8.17. The first-order valence-corrected chi connectivity index (χ1v) is 9.10. The molecule has 2 aliphatic carbocycles. The third-order valence-corrected chi connectivity index (χ3v) is 5.80. The van der Waals surface area contributed by atoms with Gasteiger partial charge in [-0.3, -0.25) is 4.79 Å². The standard InChI is InChI=1S/C18H34N2O/c1-15-6-5-7-16(12-15)8-11-20-17(21)13-18(14-19)9-3-2-4-10-18/h15-16H,2-14,19H2,1H3,(H,20,21). The number of carbonyl (C=O) groups excluding carboxylic acids is 1. The second-order valence-corrected chi connectivity index (χ2v) is 7.72. The van der Waals surface area contributed by atoms with Crippen LogP contribution >= 0.6 is 0 Å². The van der Waals surface area contributed by atoms with Crippen LogP contribution in [0.1, 0.15) is 77.6 Å². The summed E-state index contributed by atoms with van der Waals surface area (Å²) < 4.78 is 0. The summed E-state index contributed by atoms with van der Waals surface area (Å²) in [5.41, 5.74) is 6.07. The van der Waals surface area contributed by atoms with Gasteiger partial charge in [-0.05, 0) is 49.5 Å². The predicted molar refractivity (Wildman–Crippen MR) is 87.9 cm³/mol. The van der Waals surface area contributed by atoms with Crippen molar-refractivity contribution in [1.82, 2.24) is 5.32 Å². The topological polar surface area (TPSA) is 55.1 Å². The molecule has 21 heavy (non-hydrogen) atoms. The van der Waals surface area contributed by atoms with E-state index in [0.29, 0.717) is 13.0 Å². The molecule has 2 atom stereocenters. The van der Waals surface area contributed by atoms with Crippen LogP contribution in [-0.4, -0.2) is 19.0 Å². The smallest absolute Gasteiger partial charge is 0.220 e. The van der Waals surface area contributed by atoms with Gasteiger partial charge in [0.25, 0.3) is 0 Å². The fourth-order valence-corrected chi connectivity index (χ4v) is 4.40. The van der Waals surface area contributed by atoms with Gasteiger partial charge in [-0.25, -0.2) is 0 Å². The molecular weight excluding hydrogens is 260 g/mol. The molecule has 0 bridgehead atoms. The molecule has 2 rings (SSSR count). The number of amides is 1. The maximum atomic E-state index is 12.2. The van der Waals surface area contributed by atoms with Gasteiger partial charge in [-0.15, -0.1) is 0 Å². The van der Waals surface area contributed by atoms with Crippen LogP contribution in [0.2, 0.25) is 0 Å². The number of nitrogens with two attached hydrogens (primary N) is 1. The molecule has 0 saturated heterocycles. The van der Waals surface area contributed by atoms with Crippen LogP contribution in [-0.2, 0) is 4.79 Å². The summed E-state index contributed by atoms with van der Waals surface area (Å²) in [5, 5.41) is 3.16. The number of hydrogen-bond donors (Lipinski definition) is 2. The van der Waals surface area contributed by atoms with E-state index < -0.39 is 0 Å². The first-order valence-electron chi connectivity index (χ1n) is 9.10. The summed E-state index contributed by atoms with van der Waals surface area (Å²) in [6.45, 7) is 3.89. The highest BCUT2D eigenvalue weighted by Gasteiger charge is 2.32. The van der Waals surface area contributed by atoms with Crippen molar-refractivity contribution >= 4 is 5.91 Å². The van der Waals surface area contributed by atoms with E-state index >= 15 is 0 Å². The van der Waals surface area contributed by atoms with Gasteiger partial charge in [0.15, 0.2) is 0 Å². The van der Waals surface area contributed by atoms with Crippen LogP contribution < -0.4 is 11.1 Å². The maximum absolute atomic E-state index is 12.2. The van der Waals surface area contributed by atoms with Crippen LogP contribution in [0.4, 0.5) is 0 Å². The monoisotopic (exact) mass is 294 g/mol. The average Bonchev–Trinajstić information content (AvgIpc) is 2.48. The average molecular weight is 294 g/mol. The Labute approximate surface area is 130 Å². The first-order chi connectivity index (χ1) is 10.1. The van der Waals surface area contributed by atoms with E-state index in [9.17, 15) is 4.79 Å². The molecule has 2 fully saturated rings. The quantitative estimate of drug-likeness (QED) is 0.786. The van der Waals surface area contributed by atoms with E-state index in [-0.39, 0.29) is 11.3 Å². The SMILES string of the molecule is CC1CCCC(CCNC(=O)CC2(CN)CCCCC2)C1.